The molecule has 3 rings (SSSR count). The van der Waals surface area contributed by atoms with E-state index in [0.717, 1.165) is 6.54 Å². The van der Waals surface area contributed by atoms with Gasteiger partial charge in [0.1, 0.15) is 11.3 Å². The van der Waals surface area contributed by atoms with Crippen molar-refractivity contribution in [2.45, 2.75) is 59.4 Å². The lowest BCUT2D eigenvalue weighted by atomic mass is 10.0. The molecule has 1 saturated carbocycles. The van der Waals surface area contributed by atoms with Gasteiger partial charge in [-0.15, -0.1) is 0 Å². The van der Waals surface area contributed by atoms with E-state index in [1.54, 1.807) is 6.92 Å². The Kier molecular flexibility index (Phi) is 5.16. The number of rotatable bonds is 5. The average Bonchev–Trinajstić information content (AvgIpc) is 3.34. The minimum absolute atomic E-state index is 0.0534. The van der Waals surface area contributed by atoms with E-state index < -0.39 is 0 Å². The first-order valence-electron chi connectivity index (χ1n) is 9.46. The summed E-state index contributed by atoms with van der Waals surface area (Å²) < 4.78 is 5.23. The zero-order chi connectivity index (χ0) is 18.1. The van der Waals surface area contributed by atoms with Crippen molar-refractivity contribution in [2.75, 3.05) is 19.6 Å². The summed E-state index contributed by atoms with van der Waals surface area (Å²) in [4.78, 5) is 29.7. The van der Waals surface area contributed by atoms with Gasteiger partial charge < -0.3 is 14.3 Å². The van der Waals surface area contributed by atoms with Gasteiger partial charge in [-0.3, -0.25) is 9.59 Å². The summed E-state index contributed by atoms with van der Waals surface area (Å²) in [5, 5.41) is 4.01. The zero-order valence-corrected chi connectivity index (χ0v) is 15.7. The predicted octanol–water partition coefficient (Wildman–Crippen LogP) is 2.65. The molecule has 0 bridgehead atoms. The van der Waals surface area contributed by atoms with Gasteiger partial charge in [-0.25, -0.2) is 0 Å². The second-order valence-electron chi connectivity index (χ2n) is 7.72. The largest absolute Gasteiger partial charge is 0.361 e. The first-order valence-corrected chi connectivity index (χ1v) is 9.46. The van der Waals surface area contributed by atoms with Crippen LogP contribution in [0.2, 0.25) is 0 Å². The van der Waals surface area contributed by atoms with Crippen molar-refractivity contribution < 1.29 is 14.1 Å². The molecule has 1 saturated heterocycles. The van der Waals surface area contributed by atoms with Crippen LogP contribution in [0, 0.1) is 18.8 Å². The summed E-state index contributed by atoms with van der Waals surface area (Å²) in [5.41, 5.74) is 1.28. The number of carbonyl (C=O) groups excluding carboxylic acids is 2. The highest BCUT2D eigenvalue weighted by atomic mass is 16.5. The maximum Gasteiger partial charge on any atom is 0.259 e. The standard InChI is InChI=1S/C19H29N3O3/c1-5-15-18(13(4)25-20-15)19(24)21-9-8-17(23)22(10-14-6-7-14)16(11-21)12(2)3/h12,14,16H,5-11H2,1-4H3/t16-/m0/s1. The summed E-state index contributed by atoms with van der Waals surface area (Å²) in [6, 6.07) is 0.0739. The maximum absolute atomic E-state index is 13.1. The quantitative estimate of drug-likeness (QED) is 0.821. The van der Waals surface area contributed by atoms with Gasteiger partial charge in [-0.2, -0.15) is 0 Å². The zero-order valence-electron chi connectivity index (χ0n) is 15.7. The first-order chi connectivity index (χ1) is 11.9. The van der Waals surface area contributed by atoms with E-state index in [-0.39, 0.29) is 17.9 Å². The molecular weight excluding hydrogens is 318 g/mol. The lowest BCUT2D eigenvalue weighted by molar-refractivity contribution is -0.133. The van der Waals surface area contributed by atoms with Crippen LogP contribution in [0.25, 0.3) is 0 Å². The summed E-state index contributed by atoms with van der Waals surface area (Å²) in [6.45, 7) is 9.91. The van der Waals surface area contributed by atoms with Crippen molar-refractivity contribution in [3.8, 4) is 0 Å². The molecule has 1 aliphatic carbocycles. The third-order valence-corrected chi connectivity index (χ3v) is 5.41. The minimum Gasteiger partial charge on any atom is -0.361 e. The lowest BCUT2D eigenvalue weighted by Crippen LogP contribution is -2.48. The molecule has 0 radical (unpaired) electrons. The smallest absolute Gasteiger partial charge is 0.259 e. The first kappa shape index (κ1) is 18.0. The maximum atomic E-state index is 13.1. The third kappa shape index (κ3) is 3.72. The molecule has 6 nitrogen and oxygen atoms in total. The molecule has 1 aromatic rings. The summed E-state index contributed by atoms with van der Waals surface area (Å²) in [5.74, 6) is 1.65. The molecule has 138 valence electrons. The monoisotopic (exact) mass is 347 g/mol. The SMILES string of the molecule is CCc1noc(C)c1C(=O)N1CCC(=O)N(CC2CC2)[C@H](C(C)C)C1. The van der Waals surface area contributed by atoms with E-state index in [1.807, 2.05) is 16.7 Å². The molecule has 2 aliphatic rings. The Morgan fingerprint density at radius 1 is 1.36 bits per heavy atom. The van der Waals surface area contributed by atoms with Crippen LogP contribution in [0.4, 0.5) is 0 Å². The Labute approximate surface area is 149 Å². The van der Waals surface area contributed by atoms with Crippen LogP contribution < -0.4 is 0 Å². The Morgan fingerprint density at radius 2 is 2.08 bits per heavy atom. The minimum atomic E-state index is -0.0534. The molecule has 25 heavy (non-hydrogen) atoms. The normalized spacial score (nSPS) is 21.8. The molecule has 2 heterocycles. The number of nitrogens with zero attached hydrogens (tertiary/aromatic N) is 3. The summed E-state index contributed by atoms with van der Waals surface area (Å²) >= 11 is 0. The average molecular weight is 347 g/mol. The fraction of sp³-hybridized carbons (Fsp3) is 0.737. The fourth-order valence-corrected chi connectivity index (χ4v) is 3.64. The molecule has 0 N–H and O–H groups in total. The molecular formula is C19H29N3O3. The van der Waals surface area contributed by atoms with Gasteiger partial charge in [0.15, 0.2) is 0 Å². The highest BCUT2D eigenvalue weighted by molar-refractivity contribution is 5.96. The van der Waals surface area contributed by atoms with Gasteiger partial charge in [-0.05, 0) is 38.0 Å². The van der Waals surface area contributed by atoms with E-state index in [9.17, 15) is 9.59 Å². The van der Waals surface area contributed by atoms with Crippen LogP contribution in [0.5, 0.6) is 0 Å². The van der Waals surface area contributed by atoms with Crippen molar-refractivity contribution in [3.05, 3.63) is 17.0 Å². The predicted molar refractivity (Wildman–Crippen MR) is 94.2 cm³/mol. The third-order valence-electron chi connectivity index (χ3n) is 5.41. The van der Waals surface area contributed by atoms with Crippen molar-refractivity contribution in [3.63, 3.8) is 0 Å². The lowest BCUT2D eigenvalue weighted by Gasteiger charge is -2.34. The van der Waals surface area contributed by atoms with E-state index in [2.05, 4.69) is 19.0 Å². The van der Waals surface area contributed by atoms with E-state index in [0.29, 0.717) is 54.8 Å². The molecule has 2 amide bonds. The number of aromatic nitrogens is 1. The van der Waals surface area contributed by atoms with Gasteiger partial charge in [0, 0.05) is 26.1 Å². The Hall–Kier alpha value is -1.85. The molecule has 1 aliphatic heterocycles. The van der Waals surface area contributed by atoms with Crippen LogP contribution in [-0.4, -0.2) is 52.4 Å². The van der Waals surface area contributed by atoms with Gasteiger partial charge in [-0.1, -0.05) is 25.9 Å². The molecule has 0 aromatic carbocycles. The second kappa shape index (κ2) is 7.18. The highest BCUT2D eigenvalue weighted by Gasteiger charge is 2.37. The van der Waals surface area contributed by atoms with E-state index >= 15 is 0 Å². The number of amides is 2. The van der Waals surface area contributed by atoms with Crippen LogP contribution in [0.15, 0.2) is 4.52 Å². The van der Waals surface area contributed by atoms with Crippen LogP contribution in [0.3, 0.4) is 0 Å². The molecule has 1 aromatic heterocycles. The van der Waals surface area contributed by atoms with Gasteiger partial charge in [0.25, 0.3) is 5.91 Å². The molecule has 0 unspecified atom stereocenters. The molecule has 1 atom stereocenters. The van der Waals surface area contributed by atoms with Crippen molar-refractivity contribution in [1.29, 1.82) is 0 Å². The Bertz CT molecular complexity index is 648. The number of carbonyl (C=O) groups is 2. The number of aryl methyl sites for hydroxylation is 2. The Morgan fingerprint density at radius 3 is 2.68 bits per heavy atom. The van der Waals surface area contributed by atoms with Crippen LogP contribution >= 0.6 is 0 Å². The van der Waals surface area contributed by atoms with Crippen LogP contribution in [-0.2, 0) is 11.2 Å². The summed E-state index contributed by atoms with van der Waals surface area (Å²) in [7, 11) is 0. The van der Waals surface area contributed by atoms with Crippen molar-refractivity contribution in [2.24, 2.45) is 11.8 Å². The van der Waals surface area contributed by atoms with Crippen molar-refractivity contribution in [1.82, 2.24) is 15.0 Å². The molecule has 6 heteroatoms. The topological polar surface area (TPSA) is 66.7 Å². The second-order valence-corrected chi connectivity index (χ2v) is 7.72. The van der Waals surface area contributed by atoms with Gasteiger partial charge in [0.2, 0.25) is 5.91 Å². The fourth-order valence-electron chi connectivity index (χ4n) is 3.64. The summed E-state index contributed by atoms with van der Waals surface area (Å²) in [6.07, 6.45) is 3.49. The molecule has 2 fully saturated rings. The Balaban J connectivity index is 1.83. The van der Waals surface area contributed by atoms with E-state index in [4.69, 9.17) is 4.52 Å². The van der Waals surface area contributed by atoms with Gasteiger partial charge >= 0.3 is 0 Å². The van der Waals surface area contributed by atoms with Crippen molar-refractivity contribution >= 4 is 11.8 Å². The molecule has 0 spiro atoms. The number of hydrogen-bond acceptors (Lipinski definition) is 4. The highest BCUT2D eigenvalue weighted by Crippen LogP contribution is 2.32. The van der Waals surface area contributed by atoms with Crippen LogP contribution in [0.1, 0.15) is 61.8 Å². The van der Waals surface area contributed by atoms with Gasteiger partial charge in [0.05, 0.1) is 11.7 Å². The number of hydrogen-bond donors (Lipinski definition) is 0. The van der Waals surface area contributed by atoms with E-state index in [1.165, 1.54) is 12.8 Å².